The summed E-state index contributed by atoms with van der Waals surface area (Å²) in [6, 6.07) is 0. The maximum atomic E-state index is 2.87. The molecule has 1 aliphatic carbocycles. The molecule has 0 aliphatic heterocycles. The van der Waals surface area contributed by atoms with Crippen LogP contribution in [-0.4, -0.2) is 5.66 Å². The van der Waals surface area contributed by atoms with E-state index in [2.05, 4.69) is 8.93 Å². The molecule has 1 saturated carbocycles. The van der Waals surface area contributed by atoms with E-state index in [1.807, 2.05) is 0 Å². The van der Waals surface area contributed by atoms with Crippen LogP contribution in [0.4, 0.5) is 0 Å². The largest absolute Gasteiger partial charge is 0.114 e. The smallest absolute Gasteiger partial charge is 0.0202 e. The third-order valence-corrected chi connectivity index (χ3v) is 4.30. The lowest BCUT2D eigenvalue weighted by atomic mass is 10.0. The summed E-state index contributed by atoms with van der Waals surface area (Å²) < 4.78 is 0. The molecule has 8 heavy (non-hydrogen) atoms. The van der Waals surface area contributed by atoms with Crippen LogP contribution in [0.1, 0.15) is 32.1 Å². The van der Waals surface area contributed by atoms with Crippen molar-refractivity contribution in [3.8, 4) is 0 Å². The van der Waals surface area contributed by atoms with Gasteiger partial charge in [-0.15, -0.1) is 8.93 Å². The van der Waals surface area contributed by atoms with Gasteiger partial charge in [0.1, 0.15) is 0 Å². The van der Waals surface area contributed by atoms with Crippen molar-refractivity contribution in [1.82, 2.24) is 0 Å². The normalized spacial score (nSPS) is 25.1. The summed E-state index contributed by atoms with van der Waals surface area (Å²) in [4.78, 5) is 0. The minimum atomic E-state index is 1.08. The molecule has 2 atom stereocenters. The third-order valence-electron chi connectivity index (χ3n) is 1.84. The van der Waals surface area contributed by atoms with Crippen LogP contribution in [0, 0.1) is 0 Å². The van der Waals surface area contributed by atoms with Crippen molar-refractivity contribution in [3.63, 3.8) is 0 Å². The van der Waals surface area contributed by atoms with Gasteiger partial charge in [-0.3, -0.25) is 0 Å². The van der Waals surface area contributed by atoms with E-state index in [1.165, 1.54) is 32.1 Å². The molecule has 48 valence electrons. The summed E-state index contributed by atoms with van der Waals surface area (Å²) in [7, 11) is 4.00. The van der Waals surface area contributed by atoms with E-state index in [4.69, 9.17) is 0 Å². The molecule has 0 aromatic carbocycles. The van der Waals surface area contributed by atoms with Gasteiger partial charge < -0.3 is 0 Å². The Hall–Kier alpha value is 0.860. The molecule has 0 radical (unpaired) electrons. The van der Waals surface area contributed by atoms with Crippen LogP contribution in [-0.2, 0) is 0 Å². The van der Waals surface area contributed by atoms with Gasteiger partial charge in [-0.25, -0.2) is 0 Å². The molecular weight excluding hydrogens is 134 g/mol. The molecule has 0 heterocycles. The van der Waals surface area contributed by atoms with E-state index in [0.717, 1.165) is 13.9 Å². The average molecular weight is 148 g/mol. The molecular formula is C6H14P2. The Morgan fingerprint density at radius 3 is 2.12 bits per heavy atom. The highest BCUT2D eigenvalue weighted by Crippen LogP contribution is 2.37. The fourth-order valence-corrected chi connectivity index (χ4v) is 3.01. The lowest BCUT2D eigenvalue weighted by molar-refractivity contribution is 0.515. The fourth-order valence-electron chi connectivity index (χ4n) is 1.27. The first kappa shape index (κ1) is 6.97. The second-order valence-electron chi connectivity index (χ2n) is 2.50. The topological polar surface area (TPSA) is 0 Å². The first-order chi connectivity index (χ1) is 3.93. The third kappa shape index (κ3) is 2.00. The maximum Gasteiger partial charge on any atom is -0.0202 e. The van der Waals surface area contributed by atoms with Crippen LogP contribution in [0.15, 0.2) is 0 Å². The van der Waals surface area contributed by atoms with Gasteiger partial charge in [0, 0.05) is 0 Å². The molecule has 0 N–H and O–H groups in total. The Kier molecular flexibility index (Phi) is 3.32. The van der Waals surface area contributed by atoms with E-state index in [9.17, 15) is 0 Å². The van der Waals surface area contributed by atoms with Crippen molar-refractivity contribution in [1.29, 1.82) is 0 Å². The monoisotopic (exact) mass is 148 g/mol. The van der Waals surface area contributed by atoms with Crippen LogP contribution in [0.2, 0.25) is 0 Å². The molecule has 0 aromatic rings. The Balaban J connectivity index is 2.13. The summed E-state index contributed by atoms with van der Waals surface area (Å²) in [5, 5.41) is 0. The molecule has 0 aromatic heterocycles. The minimum Gasteiger partial charge on any atom is -0.114 e. The summed E-state index contributed by atoms with van der Waals surface area (Å²) in [5.74, 6) is 0. The predicted octanol–water partition coefficient (Wildman–Crippen LogP) is 2.79. The first-order valence-electron chi connectivity index (χ1n) is 3.39. The van der Waals surface area contributed by atoms with Crippen LogP contribution in [0.5, 0.6) is 0 Å². The Morgan fingerprint density at radius 2 is 1.75 bits per heavy atom. The zero-order valence-corrected chi connectivity index (χ0v) is 7.34. The number of hydrogen-bond donors (Lipinski definition) is 0. The molecule has 1 aliphatic rings. The summed E-state index contributed by atoms with van der Waals surface area (Å²) >= 11 is 0. The van der Waals surface area contributed by atoms with E-state index in [0.29, 0.717) is 0 Å². The van der Waals surface area contributed by atoms with Gasteiger partial charge in [0.05, 0.1) is 0 Å². The standard InChI is InChI=1S/C6H14P2/c7-8-6-4-2-1-3-5-6/h6,8H,1-5,7H2. The van der Waals surface area contributed by atoms with Crippen LogP contribution >= 0.6 is 17.2 Å². The van der Waals surface area contributed by atoms with Crippen LogP contribution < -0.4 is 0 Å². The zero-order chi connectivity index (χ0) is 5.82. The molecule has 0 nitrogen and oxygen atoms in total. The van der Waals surface area contributed by atoms with Crippen molar-refractivity contribution in [2.24, 2.45) is 0 Å². The second kappa shape index (κ2) is 3.80. The van der Waals surface area contributed by atoms with Gasteiger partial charge in [-0.1, -0.05) is 27.5 Å². The highest BCUT2D eigenvalue weighted by Gasteiger charge is 2.09. The lowest BCUT2D eigenvalue weighted by Crippen LogP contribution is -2.04. The lowest BCUT2D eigenvalue weighted by Gasteiger charge is -2.18. The van der Waals surface area contributed by atoms with Gasteiger partial charge >= 0.3 is 0 Å². The molecule has 0 bridgehead atoms. The van der Waals surface area contributed by atoms with Crippen LogP contribution in [0.25, 0.3) is 0 Å². The van der Waals surface area contributed by atoms with Crippen molar-refractivity contribution in [2.75, 3.05) is 0 Å². The van der Waals surface area contributed by atoms with E-state index >= 15 is 0 Å². The van der Waals surface area contributed by atoms with Crippen LogP contribution in [0.3, 0.4) is 0 Å². The van der Waals surface area contributed by atoms with Gasteiger partial charge in [0.15, 0.2) is 0 Å². The highest BCUT2D eigenvalue weighted by atomic mass is 32.0. The van der Waals surface area contributed by atoms with Crippen molar-refractivity contribution in [3.05, 3.63) is 0 Å². The predicted molar refractivity (Wildman–Crippen MR) is 44.9 cm³/mol. The quantitative estimate of drug-likeness (QED) is 0.501. The molecule has 1 rings (SSSR count). The number of rotatable bonds is 1. The molecule has 1 fully saturated rings. The second-order valence-corrected chi connectivity index (χ2v) is 4.65. The maximum absolute atomic E-state index is 2.87. The molecule has 0 saturated heterocycles. The Morgan fingerprint density at radius 1 is 1.12 bits per heavy atom. The first-order valence-corrected chi connectivity index (χ1v) is 6.28. The van der Waals surface area contributed by atoms with Gasteiger partial charge in [0.2, 0.25) is 0 Å². The van der Waals surface area contributed by atoms with Crippen molar-refractivity contribution >= 4 is 17.2 Å². The Labute approximate surface area is 55.7 Å². The van der Waals surface area contributed by atoms with Gasteiger partial charge in [-0.2, -0.15) is 0 Å². The summed E-state index contributed by atoms with van der Waals surface area (Å²) in [6.07, 6.45) is 7.48. The molecule has 0 spiro atoms. The van der Waals surface area contributed by atoms with E-state index in [1.54, 1.807) is 0 Å². The fraction of sp³-hybridized carbons (Fsp3) is 1.00. The SMILES string of the molecule is PPC1CCCCC1. The van der Waals surface area contributed by atoms with Gasteiger partial charge in [-0.05, 0) is 18.5 Å². The molecule has 2 heteroatoms. The van der Waals surface area contributed by atoms with Crippen molar-refractivity contribution in [2.45, 2.75) is 37.8 Å². The van der Waals surface area contributed by atoms with Gasteiger partial charge in [0.25, 0.3) is 0 Å². The number of hydrogen-bond acceptors (Lipinski definition) is 0. The van der Waals surface area contributed by atoms with Crippen molar-refractivity contribution < 1.29 is 0 Å². The molecule has 0 amide bonds. The average Bonchev–Trinajstić information content (AvgIpc) is 1.90. The van der Waals surface area contributed by atoms with E-state index in [-0.39, 0.29) is 0 Å². The molecule has 2 unspecified atom stereocenters. The summed E-state index contributed by atoms with van der Waals surface area (Å²) in [5.41, 5.74) is 1.08. The highest BCUT2D eigenvalue weighted by molar-refractivity contribution is 8.03. The minimum absolute atomic E-state index is 1.08. The van der Waals surface area contributed by atoms with E-state index < -0.39 is 0 Å². The zero-order valence-electron chi connectivity index (χ0n) is 5.19. The Bertz CT molecular complexity index is 57.5. The summed E-state index contributed by atoms with van der Waals surface area (Å²) in [6.45, 7) is 0.